The molecule has 0 radical (unpaired) electrons. The normalized spacial score (nSPS) is 14.3. The highest BCUT2D eigenvalue weighted by atomic mass is 31.2. The van der Waals surface area contributed by atoms with Crippen LogP contribution in [0.4, 0.5) is 0 Å². The van der Waals surface area contributed by atoms with Crippen LogP contribution in [-0.4, -0.2) is 23.4 Å². The van der Waals surface area contributed by atoms with Crippen LogP contribution in [-0.2, 0) is 15.5 Å². The lowest BCUT2D eigenvalue weighted by Crippen LogP contribution is -2.08. The summed E-state index contributed by atoms with van der Waals surface area (Å²) in [5.74, 6) is -0.361. The molecule has 0 saturated heterocycles. The zero-order valence-corrected chi connectivity index (χ0v) is 10.9. The number of hydrogen-bond donors (Lipinski definition) is 1. The van der Waals surface area contributed by atoms with Gasteiger partial charge in [0, 0.05) is 5.56 Å². The number of carbonyl (C=O) groups is 1. The Balaban J connectivity index is 2.79. The Morgan fingerprint density at radius 3 is 2.71 bits per heavy atom. The number of Topliss-reactive ketones (excluding diaryl/α,β-unsaturated/α-hetero) is 1. The Labute approximate surface area is 101 Å². The van der Waals surface area contributed by atoms with Crippen LogP contribution >= 0.6 is 7.60 Å². The van der Waals surface area contributed by atoms with Crippen molar-refractivity contribution in [3.05, 3.63) is 35.4 Å². The fourth-order valence-corrected chi connectivity index (χ4v) is 2.53. The van der Waals surface area contributed by atoms with Gasteiger partial charge in [-0.3, -0.25) is 9.36 Å². The molecule has 0 spiro atoms. The Bertz CT molecular complexity index is 442. The summed E-state index contributed by atoms with van der Waals surface area (Å²) in [5, 5.41) is 0. The molecular weight excluding hydrogens is 239 g/mol. The third kappa shape index (κ3) is 4.43. The molecule has 0 heterocycles. The monoisotopic (exact) mass is 256 g/mol. The van der Waals surface area contributed by atoms with E-state index in [9.17, 15) is 14.3 Å². The summed E-state index contributed by atoms with van der Waals surface area (Å²) in [6.07, 6.45) is 0.359. The summed E-state index contributed by atoms with van der Waals surface area (Å²) in [6, 6.07) is 7.08. The van der Waals surface area contributed by atoms with Gasteiger partial charge < -0.3 is 9.42 Å². The molecule has 1 unspecified atom stereocenters. The van der Waals surface area contributed by atoms with Crippen LogP contribution in [0.15, 0.2) is 24.3 Å². The van der Waals surface area contributed by atoms with Gasteiger partial charge in [0.2, 0.25) is 0 Å². The molecule has 5 heteroatoms. The first-order valence-corrected chi connectivity index (χ1v) is 7.33. The predicted octanol–water partition coefficient (Wildman–Crippen LogP) is 2.65. The Morgan fingerprint density at radius 1 is 1.41 bits per heavy atom. The van der Waals surface area contributed by atoms with Gasteiger partial charge in [0.15, 0.2) is 5.78 Å². The highest BCUT2D eigenvalue weighted by Gasteiger charge is 2.24. The maximum atomic E-state index is 11.8. The third-order valence-corrected chi connectivity index (χ3v) is 3.68. The molecule has 1 N–H and O–H groups in total. The van der Waals surface area contributed by atoms with E-state index in [1.54, 1.807) is 25.1 Å². The van der Waals surface area contributed by atoms with Gasteiger partial charge in [0.1, 0.15) is 6.16 Å². The smallest absolute Gasteiger partial charge is 0.324 e. The second-order valence-electron chi connectivity index (χ2n) is 3.69. The SMILES string of the molecule is CCOP(=O)(O)CC(=O)c1cccc(CC)c1. The average Bonchev–Trinajstić information content (AvgIpc) is 2.28. The van der Waals surface area contributed by atoms with Crippen LogP contribution in [0, 0.1) is 0 Å². The molecule has 0 amide bonds. The summed E-state index contributed by atoms with van der Waals surface area (Å²) in [6.45, 7) is 3.72. The quantitative estimate of drug-likeness (QED) is 0.627. The van der Waals surface area contributed by atoms with Crippen LogP contribution in [0.1, 0.15) is 29.8 Å². The predicted molar refractivity (Wildman–Crippen MR) is 66.5 cm³/mol. The molecule has 1 aromatic carbocycles. The van der Waals surface area contributed by atoms with Crippen molar-refractivity contribution in [2.75, 3.05) is 12.8 Å². The number of carbonyl (C=O) groups excluding carboxylic acids is 1. The van der Waals surface area contributed by atoms with E-state index in [1.165, 1.54) is 0 Å². The number of benzene rings is 1. The summed E-state index contributed by atoms with van der Waals surface area (Å²) in [4.78, 5) is 21.2. The van der Waals surface area contributed by atoms with Crippen molar-refractivity contribution in [3.8, 4) is 0 Å². The topological polar surface area (TPSA) is 63.6 Å². The molecule has 0 saturated carbocycles. The van der Waals surface area contributed by atoms with E-state index in [1.807, 2.05) is 13.0 Å². The Hall–Kier alpha value is -0.960. The molecule has 4 nitrogen and oxygen atoms in total. The first kappa shape index (κ1) is 14.1. The summed E-state index contributed by atoms with van der Waals surface area (Å²) < 4.78 is 16.1. The minimum atomic E-state index is -3.79. The van der Waals surface area contributed by atoms with Gasteiger partial charge in [-0.05, 0) is 25.0 Å². The van der Waals surface area contributed by atoms with Crippen LogP contribution in [0.3, 0.4) is 0 Å². The van der Waals surface area contributed by atoms with Crippen molar-refractivity contribution in [2.24, 2.45) is 0 Å². The molecule has 0 aliphatic carbocycles. The van der Waals surface area contributed by atoms with E-state index in [0.29, 0.717) is 5.56 Å². The number of hydrogen-bond acceptors (Lipinski definition) is 3. The van der Waals surface area contributed by atoms with Crippen molar-refractivity contribution >= 4 is 13.4 Å². The van der Waals surface area contributed by atoms with E-state index in [-0.39, 0.29) is 12.4 Å². The molecule has 0 aliphatic rings. The number of ketones is 1. The summed E-state index contributed by atoms with van der Waals surface area (Å²) in [5.41, 5.74) is 1.48. The second kappa shape index (κ2) is 6.10. The van der Waals surface area contributed by atoms with Crippen LogP contribution in [0.25, 0.3) is 0 Å². The summed E-state index contributed by atoms with van der Waals surface area (Å²) >= 11 is 0. The molecular formula is C12H17O4P. The maximum Gasteiger partial charge on any atom is 0.335 e. The maximum absolute atomic E-state index is 11.8. The van der Waals surface area contributed by atoms with E-state index in [0.717, 1.165) is 12.0 Å². The first-order valence-electron chi connectivity index (χ1n) is 5.57. The molecule has 1 atom stereocenters. The highest BCUT2D eigenvalue weighted by Crippen LogP contribution is 2.41. The average molecular weight is 256 g/mol. The molecule has 94 valence electrons. The van der Waals surface area contributed by atoms with Crippen molar-refractivity contribution < 1.29 is 18.8 Å². The van der Waals surface area contributed by atoms with Crippen molar-refractivity contribution in [3.63, 3.8) is 0 Å². The zero-order valence-electron chi connectivity index (χ0n) is 10.0. The molecule has 17 heavy (non-hydrogen) atoms. The molecule has 0 aromatic heterocycles. The van der Waals surface area contributed by atoms with Gasteiger partial charge in [-0.25, -0.2) is 0 Å². The van der Waals surface area contributed by atoms with Crippen molar-refractivity contribution in [1.82, 2.24) is 0 Å². The van der Waals surface area contributed by atoms with E-state index < -0.39 is 13.8 Å². The lowest BCUT2D eigenvalue weighted by atomic mass is 10.1. The molecule has 1 aromatic rings. The number of aryl methyl sites for hydroxylation is 1. The van der Waals surface area contributed by atoms with Gasteiger partial charge >= 0.3 is 7.60 Å². The van der Waals surface area contributed by atoms with Gasteiger partial charge in [-0.15, -0.1) is 0 Å². The third-order valence-electron chi connectivity index (χ3n) is 2.33. The lowest BCUT2D eigenvalue weighted by Gasteiger charge is -2.10. The zero-order chi connectivity index (χ0) is 12.9. The van der Waals surface area contributed by atoms with E-state index in [4.69, 9.17) is 0 Å². The standard InChI is InChI=1S/C12H17O4P/c1-3-10-6-5-7-11(8-10)12(13)9-17(14,15)16-4-2/h5-8H,3-4,9H2,1-2H3,(H,14,15). The Morgan fingerprint density at radius 2 is 2.12 bits per heavy atom. The minimum absolute atomic E-state index is 0.121. The molecule has 0 fully saturated rings. The second-order valence-corrected chi connectivity index (χ2v) is 5.54. The fraction of sp³-hybridized carbons (Fsp3) is 0.417. The van der Waals surface area contributed by atoms with E-state index in [2.05, 4.69) is 4.52 Å². The van der Waals surface area contributed by atoms with E-state index >= 15 is 0 Å². The lowest BCUT2D eigenvalue weighted by molar-refractivity contribution is 0.101. The van der Waals surface area contributed by atoms with Gasteiger partial charge in [-0.1, -0.05) is 25.1 Å². The van der Waals surface area contributed by atoms with Crippen LogP contribution in [0.5, 0.6) is 0 Å². The molecule has 0 aliphatic heterocycles. The molecule has 0 bridgehead atoms. The summed E-state index contributed by atoms with van der Waals surface area (Å²) in [7, 11) is -3.79. The van der Waals surface area contributed by atoms with Gasteiger partial charge in [-0.2, -0.15) is 0 Å². The largest absolute Gasteiger partial charge is 0.335 e. The van der Waals surface area contributed by atoms with Crippen molar-refractivity contribution in [1.29, 1.82) is 0 Å². The molecule has 1 rings (SSSR count). The fourth-order valence-electron chi connectivity index (χ4n) is 1.48. The Kier molecular flexibility index (Phi) is 5.06. The minimum Gasteiger partial charge on any atom is -0.324 e. The van der Waals surface area contributed by atoms with Crippen molar-refractivity contribution in [2.45, 2.75) is 20.3 Å². The first-order chi connectivity index (χ1) is 7.98. The van der Waals surface area contributed by atoms with Crippen LogP contribution in [0.2, 0.25) is 0 Å². The van der Waals surface area contributed by atoms with Gasteiger partial charge in [0.05, 0.1) is 6.61 Å². The van der Waals surface area contributed by atoms with Gasteiger partial charge in [0.25, 0.3) is 0 Å². The number of rotatable bonds is 6. The highest BCUT2D eigenvalue weighted by molar-refractivity contribution is 7.53. The van der Waals surface area contributed by atoms with Crippen LogP contribution < -0.4 is 0 Å².